The zero-order chi connectivity index (χ0) is 18.4. The van der Waals surface area contributed by atoms with Gasteiger partial charge in [-0.3, -0.25) is 5.32 Å². The van der Waals surface area contributed by atoms with Crippen LogP contribution in [0.4, 0.5) is 10.5 Å². The molecule has 1 aromatic carbocycles. The summed E-state index contributed by atoms with van der Waals surface area (Å²) in [4.78, 5) is 23.8. The van der Waals surface area contributed by atoms with Gasteiger partial charge in [0.2, 0.25) is 0 Å². The molecule has 0 spiro atoms. The average Bonchev–Trinajstić information content (AvgIpc) is 3.07. The van der Waals surface area contributed by atoms with E-state index >= 15 is 0 Å². The molecule has 1 atom stereocenters. The van der Waals surface area contributed by atoms with Gasteiger partial charge in [-0.05, 0) is 30.5 Å². The molecule has 136 valence electrons. The molecule has 3 N–H and O–H groups in total. The highest BCUT2D eigenvalue weighted by molar-refractivity contribution is 5.86. The molecule has 0 saturated carbocycles. The molecule has 0 fully saturated rings. The standard InChI is InChI=1S/C17H19N5O4/c1-24-16-19-8-14(9-20-16)26-17(23)22-12-5-2-11(3-6-12)4-7-13-10-25-15(18)21-13/h2-3,5-6,8-9,13H,4,7,10H2,1H3,(H2,18,21)(H,22,23)/t13-/m0/s1. The van der Waals surface area contributed by atoms with Crippen molar-refractivity contribution in [1.29, 1.82) is 0 Å². The molecule has 0 saturated heterocycles. The molecule has 0 aliphatic carbocycles. The van der Waals surface area contributed by atoms with Crippen LogP contribution in [0.25, 0.3) is 0 Å². The number of aliphatic imine (C=N–C) groups is 1. The number of benzene rings is 1. The van der Waals surface area contributed by atoms with Crippen molar-refractivity contribution in [2.75, 3.05) is 19.0 Å². The molecule has 1 aliphatic rings. The summed E-state index contributed by atoms with van der Waals surface area (Å²) in [5, 5.41) is 2.64. The summed E-state index contributed by atoms with van der Waals surface area (Å²) in [5.74, 6) is 0.221. The van der Waals surface area contributed by atoms with Crippen molar-refractivity contribution >= 4 is 17.8 Å². The number of aromatic nitrogens is 2. The van der Waals surface area contributed by atoms with Gasteiger partial charge in [-0.2, -0.15) is 9.97 Å². The van der Waals surface area contributed by atoms with Gasteiger partial charge in [0.05, 0.1) is 25.5 Å². The van der Waals surface area contributed by atoms with Crippen LogP contribution in [0.1, 0.15) is 12.0 Å². The number of nitrogens with two attached hydrogens (primary N) is 1. The van der Waals surface area contributed by atoms with Crippen molar-refractivity contribution < 1.29 is 19.0 Å². The van der Waals surface area contributed by atoms with Gasteiger partial charge in [0, 0.05) is 5.69 Å². The summed E-state index contributed by atoms with van der Waals surface area (Å²) in [6.45, 7) is 0.534. The maximum atomic E-state index is 11.9. The Balaban J connectivity index is 1.47. The second kappa shape index (κ2) is 8.15. The van der Waals surface area contributed by atoms with Gasteiger partial charge in [-0.1, -0.05) is 12.1 Å². The van der Waals surface area contributed by atoms with Crippen molar-refractivity contribution in [3.63, 3.8) is 0 Å². The first-order valence-corrected chi connectivity index (χ1v) is 8.02. The molecule has 2 aromatic rings. The number of anilines is 1. The summed E-state index contributed by atoms with van der Waals surface area (Å²) < 4.78 is 15.1. The molecule has 0 radical (unpaired) electrons. The van der Waals surface area contributed by atoms with Crippen molar-refractivity contribution in [2.24, 2.45) is 10.7 Å². The first kappa shape index (κ1) is 17.5. The number of nitrogens with one attached hydrogen (secondary N) is 1. The number of methoxy groups -OCH3 is 1. The highest BCUT2D eigenvalue weighted by Gasteiger charge is 2.16. The Morgan fingerprint density at radius 3 is 2.65 bits per heavy atom. The zero-order valence-electron chi connectivity index (χ0n) is 14.2. The van der Waals surface area contributed by atoms with Crippen LogP contribution in [0.3, 0.4) is 0 Å². The first-order chi connectivity index (χ1) is 12.6. The molecule has 26 heavy (non-hydrogen) atoms. The van der Waals surface area contributed by atoms with Crippen LogP contribution < -0.4 is 20.5 Å². The van der Waals surface area contributed by atoms with Gasteiger partial charge in [-0.25, -0.2) is 9.79 Å². The molecule has 1 amide bonds. The molecule has 3 rings (SSSR count). The molecular weight excluding hydrogens is 338 g/mol. The topological polar surface area (TPSA) is 121 Å². The summed E-state index contributed by atoms with van der Waals surface area (Å²) in [6, 6.07) is 8.06. The molecule has 0 bridgehead atoms. The number of carbonyl (C=O) groups is 1. The lowest BCUT2D eigenvalue weighted by atomic mass is 10.1. The number of nitrogens with zero attached hydrogens (tertiary/aromatic N) is 3. The molecule has 2 heterocycles. The van der Waals surface area contributed by atoms with Gasteiger partial charge in [0.15, 0.2) is 5.75 Å². The Bertz CT molecular complexity index is 777. The quantitative estimate of drug-likeness (QED) is 0.807. The van der Waals surface area contributed by atoms with E-state index in [0.717, 1.165) is 18.4 Å². The second-order valence-electron chi connectivity index (χ2n) is 5.59. The highest BCUT2D eigenvalue weighted by Crippen LogP contribution is 2.16. The molecule has 1 aliphatic heterocycles. The Morgan fingerprint density at radius 1 is 1.31 bits per heavy atom. The molecule has 0 unspecified atom stereocenters. The number of hydrogen-bond donors (Lipinski definition) is 2. The number of aryl methyl sites for hydroxylation is 1. The second-order valence-corrected chi connectivity index (χ2v) is 5.59. The maximum Gasteiger partial charge on any atom is 0.417 e. The lowest BCUT2D eigenvalue weighted by molar-refractivity contribution is 0.214. The third kappa shape index (κ3) is 4.82. The summed E-state index contributed by atoms with van der Waals surface area (Å²) in [5.41, 5.74) is 7.25. The molecule has 9 heteroatoms. The normalized spacial score (nSPS) is 15.7. The lowest BCUT2D eigenvalue weighted by Gasteiger charge is -2.08. The van der Waals surface area contributed by atoms with Crippen LogP contribution in [0.15, 0.2) is 41.7 Å². The molecule has 9 nitrogen and oxygen atoms in total. The van der Waals surface area contributed by atoms with E-state index in [2.05, 4.69) is 20.3 Å². The SMILES string of the molecule is COc1ncc(OC(=O)Nc2ccc(CC[C@H]3COC(N)=N3)cc2)cn1. The van der Waals surface area contributed by atoms with Gasteiger partial charge < -0.3 is 19.9 Å². The smallest absolute Gasteiger partial charge is 0.417 e. The van der Waals surface area contributed by atoms with E-state index in [1.807, 2.05) is 24.3 Å². The predicted molar refractivity (Wildman–Crippen MR) is 94.4 cm³/mol. The van der Waals surface area contributed by atoms with Gasteiger partial charge in [-0.15, -0.1) is 0 Å². The first-order valence-electron chi connectivity index (χ1n) is 8.02. The fourth-order valence-corrected chi connectivity index (χ4v) is 2.38. The third-order valence-electron chi connectivity index (χ3n) is 3.70. The summed E-state index contributed by atoms with van der Waals surface area (Å²) in [6.07, 6.45) is 3.79. The summed E-state index contributed by atoms with van der Waals surface area (Å²) >= 11 is 0. The predicted octanol–water partition coefficient (Wildman–Crippen LogP) is 1.74. The van der Waals surface area contributed by atoms with E-state index in [4.69, 9.17) is 19.9 Å². The average molecular weight is 357 g/mol. The van der Waals surface area contributed by atoms with Crippen LogP contribution in [-0.4, -0.2) is 41.8 Å². The van der Waals surface area contributed by atoms with E-state index < -0.39 is 6.09 Å². The monoisotopic (exact) mass is 357 g/mol. The number of hydrogen-bond acceptors (Lipinski definition) is 8. The van der Waals surface area contributed by atoms with Crippen molar-refractivity contribution in [2.45, 2.75) is 18.9 Å². The van der Waals surface area contributed by atoms with Crippen LogP contribution >= 0.6 is 0 Å². The van der Waals surface area contributed by atoms with E-state index in [1.165, 1.54) is 19.5 Å². The Hall–Kier alpha value is -3.36. The number of amidine groups is 1. The third-order valence-corrected chi connectivity index (χ3v) is 3.70. The van der Waals surface area contributed by atoms with Crippen molar-refractivity contribution in [3.05, 3.63) is 42.2 Å². The summed E-state index contributed by atoms with van der Waals surface area (Å²) in [7, 11) is 1.45. The number of ether oxygens (including phenoxy) is 3. The Morgan fingerprint density at radius 2 is 2.04 bits per heavy atom. The number of amides is 1. The van der Waals surface area contributed by atoms with Crippen LogP contribution in [0.2, 0.25) is 0 Å². The Kier molecular flexibility index (Phi) is 5.47. The minimum absolute atomic E-state index is 0.106. The van der Waals surface area contributed by atoms with Gasteiger partial charge in [0.25, 0.3) is 6.02 Å². The zero-order valence-corrected chi connectivity index (χ0v) is 14.2. The maximum absolute atomic E-state index is 11.9. The molecular formula is C17H19N5O4. The van der Waals surface area contributed by atoms with Crippen molar-refractivity contribution in [1.82, 2.24) is 9.97 Å². The van der Waals surface area contributed by atoms with Crippen LogP contribution in [0.5, 0.6) is 11.8 Å². The van der Waals surface area contributed by atoms with E-state index in [0.29, 0.717) is 12.3 Å². The number of rotatable bonds is 6. The van der Waals surface area contributed by atoms with Gasteiger partial charge >= 0.3 is 12.1 Å². The van der Waals surface area contributed by atoms with Crippen LogP contribution in [0, 0.1) is 0 Å². The van der Waals surface area contributed by atoms with E-state index in [9.17, 15) is 4.79 Å². The van der Waals surface area contributed by atoms with Gasteiger partial charge in [0.1, 0.15) is 6.61 Å². The van der Waals surface area contributed by atoms with Crippen LogP contribution in [-0.2, 0) is 11.2 Å². The number of carbonyl (C=O) groups excluding carboxylic acids is 1. The fourth-order valence-electron chi connectivity index (χ4n) is 2.38. The Labute approximate surface area is 150 Å². The largest absolute Gasteiger partial charge is 0.467 e. The highest BCUT2D eigenvalue weighted by atomic mass is 16.6. The van der Waals surface area contributed by atoms with E-state index in [1.54, 1.807) is 0 Å². The molecule has 1 aromatic heterocycles. The lowest BCUT2D eigenvalue weighted by Crippen LogP contribution is -2.17. The van der Waals surface area contributed by atoms with E-state index in [-0.39, 0.29) is 23.8 Å². The fraction of sp³-hybridized carbons (Fsp3) is 0.294. The minimum Gasteiger partial charge on any atom is -0.467 e. The minimum atomic E-state index is -0.626. The van der Waals surface area contributed by atoms with Crippen molar-refractivity contribution in [3.8, 4) is 11.8 Å².